The van der Waals surface area contributed by atoms with Gasteiger partial charge in [0.25, 0.3) is 0 Å². The van der Waals surface area contributed by atoms with E-state index in [9.17, 15) is 9.59 Å². The zero-order valence-corrected chi connectivity index (χ0v) is 10.6. The van der Waals surface area contributed by atoms with Crippen molar-refractivity contribution < 1.29 is 19.4 Å². The average molecular weight is 256 g/mol. The minimum Gasteiger partial charge on any atom is -0.481 e. The van der Waals surface area contributed by atoms with E-state index in [4.69, 9.17) is 9.84 Å². The molecule has 2 saturated heterocycles. The van der Waals surface area contributed by atoms with E-state index in [0.717, 1.165) is 19.4 Å². The number of ether oxygens (including phenoxy) is 1. The van der Waals surface area contributed by atoms with Crippen LogP contribution in [-0.2, 0) is 9.53 Å². The van der Waals surface area contributed by atoms with Gasteiger partial charge in [-0.3, -0.25) is 4.79 Å². The molecular formula is C12H20N2O4. The lowest BCUT2D eigenvalue weighted by Gasteiger charge is -2.41. The molecule has 2 fully saturated rings. The van der Waals surface area contributed by atoms with Gasteiger partial charge in [-0.2, -0.15) is 0 Å². The fourth-order valence-corrected chi connectivity index (χ4v) is 2.32. The Morgan fingerprint density at radius 2 is 2.17 bits per heavy atom. The van der Waals surface area contributed by atoms with E-state index in [1.54, 1.807) is 11.8 Å². The summed E-state index contributed by atoms with van der Waals surface area (Å²) >= 11 is 0. The molecule has 0 aliphatic carbocycles. The zero-order valence-electron chi connectivity index (χ0n) is 10.6. The lowest BCUT2D eigenvalue weighted by Crippen LogP contribution is -2.58. The third-order valence-electron chi connectivity index (χ3n) is 3.78. The van der Waals surface area contributed by atoms with Crippen molar-refractivity contribution in [2.24, 2.45) is 11.8 Å². The number of urea groups is 1. The van der Waals surface area contributed by atoms with E-state index in [-0.39, 0.29) is 23.9 Å². The highest BCUT2D eigenvalue weighted by molar-refractivity contribution is 5.76. The second kappa shape index (κ2) is 5.56. The molecule has 6 nitrogen and oxygen atoms in total. The number of aliphatic carboxylic acids is 1. The number of nitrogens with zero attached hydrogens (tertiary/aromatic N) is 1. The summed E-state index contributed by atoms with van der Waals surface area (Å²) in [5.74, 6) is -1.09. The lowest BCUT2D eigenvalue weighted by molar-refractivity contribution is -0.144. The average Bonchev–Trinajstić information content (AvgIpc) is 2.28. The van der Waals surface area contributed by atoms with Crippen LogP contribution in [0.2, 0.25) is 0 Å². The highest BCUT2D eigenvalue weighted by Gasteiger charge is 2.37. The van der Waals surface area contributed by atoms with Crippen molar-refractivity contribution >= 4 is 12.0 Å². The van der Waals surface area contributed by atoms with Crippen LogP contribution in [0, 0.1) is 11.8 Å². The fourth-order valence-electron chi connectivity index (χ4n) is 2.32. The molecule has 2 heterocycles. The van der Waals surface area contributed by atoms with Crippen molar-refractivity contribution in [2.75, 3.05) is 26.3 Å². The number of nitrogens with one attached hydrogen (secondary N) is 1. The van der Waals surface area contributed by atoms with Crippen molar-refractivity contribution in [2.45, 2.75) is 25.8 Å². The van der Waals surface area contributed by atoms with Crippen LogP contribution in [0.15, 0.2) is 0 Å². The van der Waals surface area contributed by atoms with Crippen LogP contribution in [0.1, 0.15) is 19.8 Å². The number of carbonyl (C=O) groups is 2. The highest BCUT2D eigenvalue weighted by Crippen LogP contribution is 2.24. The molecule has 2 rings (SSSR count). The maximum absolute atomic E-state index is 11.8. The van der Waals surface area contributed by atoms with Gasteiger partial charge in [0.1, 0.15) is 0 Å². The third kappa shape index (κ3) is 2.93. The predicted molar refractivity (Wildman–Crippen MR) is 64.2 cm³/mol. The Morgan fingerprint density at radius 1 is 1.44 bits per heavy atom. The van der Waals surface area contributed by atoms with Crippen LogP contribution >= 0.6 is 0 Å². The largest absolute Gasteiger partial charge is 0.481 e. The van der Waals surface area contributed by atoms with Crippen molar-refractivity contribution in [3.05, 3.63) is 0 Å². The molecule has 2 atom stereocenters. The minimum atomic E-state index is -0.791. The molecule has 0 aromatic heterocycles. The first-order chi connectivity index (χ1) is 8.58. The van der Waals surface area contributed by atoms with Gasteiger partial charge in [-0.25, -0.2) is 4.79 Å². The standard InChI is InChI=1S/C12H20N2O4/c1-8(11(15)16)9-5-14(6-9)12(17)13-10-3-2-4-18-7-10/h8-10H,2-7H2,1H3,(H,13,17)(H,15,16). The molecule has 2 N–H and O–H groups in total. The first kappa shape index (κ1) is 13.1. The second-order valence-corrected chi connectivity index (χ2v) is 5.16. The molecule has 102 valence electrons. The van der Waals surface area contributed by atoms with E-state index in [0.29, 0.717) is 19.7 Å². The monoisotopic (exact) mass is 256 g/mol. The SMILES string of the molecule is CC(C(=O)O)C1CN(C(=O)NC2CCCOC2)C1. The Balaban J connectivity index is 1.71. The van der Waals surface area contributed by atoms with E-state index >= 15 is 0 Å². The van der Waals surface area contributed by atoms with Crippen LogP contribution in [0.3, 0.4) is 0 Å². The number of hydrogen-bond donors (Lipinski definition) is 2. The minimum absolute atomic E-state index is 0.0795. The van der Waals surface area contributed by atoms with Crippen LogP contribution < -0.4 is 5.32 Å². The molecule has 0 aromatic carbocycles. The molecule has 0 spiro atoms. The van der Waals surface area contributed by atoms with Gasteiger partial charge in [-0.1, -0.05) is 6.92 Å². The molecule has 0 radical (unpaired) electrons. The Morgan fingerprint density at radius 3 is 2.72 bits per heavy atom. The second-order valence-electron chi connectivity index (χ2n) is 5.16. The van der Waals surface area contributed by atoms with E-state index in [1.807, 2.05) is 0 Å². The number of hydrogen-bond acceptors (Lipinski definition) is 3. The molecule has 0 aromatic rings. The smallest absolute Gasteiger partial charge is 0.317 e. The number of carbonyl (C=O) groups excluding carboxylic acids is 1. The molecule has 0 saturated carbocycles. The summed E-state index contributed by atoms with van der Waals surface area (Å²) in [6, 6.07) is 0.00142. The summed E-state index contributed by atoms with van der Waals surface area (Å²) in [4.78, 5) is 24.3. The van der Waals surface area contributed by atoms with Crippen LogP contribution in [-0.4, -0.2) is 54.4 Å². The normalized spacial score (nSPS) is 26.3. The van der Waals surface area contributed by atoms with Gasteiger partial charge in [-0.05, 0) is 12.8 Å². The van der Waals surface area contributed by atoms with Crippen LogP contribution in [0.25, 0.3) is 0 Å². The zero-order chi connectivity index (χ0) is 13.1. The number of likely N-dealkylation sites (tertiary alicyclic amines) is 1. The Labute approximate surface area is 106 Å². The summed E-state index contributed by atoms with van der Waals surface area (Å²) in [6.07, 6.45) is 1.93. The summed E-state index contributed by atoms with van der Waals surface area (Å²) < 4.78 is 5.29. The number of rotatable bonds is 3. The first-order valence-electron chi connectivity index (χ1n) is 6.44. The lowest BCUT2D eigenvalue weighted by atomic mass is 9.87. The first-order valence-corrected chi connectivity index (χ1v) is 6.44. The molecule has 2 unspecified atom stereocenters. The molecule has 2 aliphatic rings. The maximum atomic E-state index is 11.8. The van der Waals surface area contributed by atoms with E-state index < -0.39 is 5.97 Å². The predicted octanol–water partition coefficient (Wildman–Crippen LogP) is 0.527. The van der Waals surface area contributed by atoms with Crippen molar-refractivity contribution in [1.29, 1.82) is 0 Å². The Bertz CT molecular complexity index is 322. The van der Waals surface area contributed by atoms with Crippen molar-refractivity contribution in [3.8, 4) is 0 Å². The summed E-state index contributed by atoms with van der Waals surface area (Å²) in [7, 11) is 0. The molecule has 0 bridgehead atoms. The summed E-state index contributed by atoms with van der Waals surface area (Å²) in [6.45, 7) is 4.11. The third-order valence-corrected chi connectivity index (χ3v) is 3.78. The van der Waals surface area contributed by atoms with Gasteiger partial charge in [0.15, 0.2) is 0 Å². The fraction of sp³-hybridized carbons (Fsp3) is 0.833. The van der Waals surface area contributed by atoms with Gasteiger partial charge in [0, 0.05) is 25.6 Å². The van der Waals surface area contributed by atoms with E-state index in [2.05, 4.69) is 5.32 Å². The van der Waals surface area contributed by atoms with Gasteiger partial charge in [-0.15, -0.1) is 0 Å². The summed E-state index contributed by atoms with van der Waals surface area (Å²) in [5, 5.41) is 11.8. The van der Waals surface area contributed by atoms with Gasteiger partial charge in [0.2, 0.25) is 0 Å². The van der Waals surface area contributed by atoms with Gasteiger partial charge >= 0.3 is 12.0 Å². The highest BCUT2D eigenvalue weighted by atomic mass is 16.5. The van der Waals surface area contributed by atoms with Crippen molar-refractivity contribution in [3.63, 3.8) is 0 Å². The van der Waals surface area contributed by atoms with Crippen molar-refractivity contribution in [1.82, 2.24) is 10.2 Å². The summed E-state index contributed by atoms with van der Waals surface area (Å²) in [5.41, 5.74) is 0. The maximum Gasteiger partial charge on any atom is 0.317 e. The Kier molecular flexibility index (Phi) is 4.06. The Hall–Kier alpha value is -1.30. The number of carboxylic acids is 1. The van der Waals surface area contributed by atoms with Gasteiger partial charge in [0.05, 0.1) is 18.6 Å². The number of carboxylic acid groups (broad SMARTS) is 1. The molecule has 2 aliphatic heterocycles. The molecular weight excluding hydrogens is 236 g/mol. The van der Waals surface area contributed by atoms with Crippen LogP contribution in [0.4, 0.5) is 4.79 Å². The topological polar surface area (TPSA) is 78.9 Å². The molecule has 18 heavy (non-hydrogen) atoms. The van der Waals surface area contributed by atoms with E-state index in [1.165, 1.54) is 0 Å². The molecule has 2 amide bonds. The molecule has 6 heteroatoms. The van der Waals surface area contributed by atoms with Gasteiger partial charge < -0.3 is 20.1 Å². The number of amides is 2. The quantitative estimate of drug-likeness (QED) is 0.772. The van der Waals surface area contributed by atoms with Crippen LogP contribution in [0.5, 0.6) is 0 Å².